The Bertz CT molecular complexity index is 700. The molecule has 0 atom stereocenters. The molecule has 7 heteroatoms. The van der Waals surface area contributed by atoms with E-state index in [0.29, 0.717) is 10.9 Å². The molecule has 2 N–H and O–H groups in total. The number of alkyl carbamates (subject to hydrolysis) is 1. The third kappa shape index (κ3) is 3.75. The van der Waals surface area contributed by atoms with E-state index in [1.54, 1.807) is 45.0 Å². The second-order valence-corrected chi connectivity index (χ2v) is 5.82. The number of rotatable bonds is 4. The summed E-state index contributed by atoms with van der Waals surface area (Å²) in [4.78, 5) is 23.0. The van der Waals surface area contributed by atoms with Gasteiger partial charge in [0.2, 0.25) is 0 Å². The van der Waals surface area contributed by atoms with Crippen molar-refractivity contribution in [3.8, 4) is 0 Å². The normalized spacial score (nSPS) is 11.4. The van der Waals surface area contributed by atoms with Crippen LogP contribution in [0.2, 0.25) is 0 Å². The van der Waals surface area contributed by atoms with E-state index in [0.717, 1.165) is 0 Å². The zero-order valence-electron chi connectivity index (χ0n) is 12.8. The maximum absolute atomic E-state index is 11.6. The van der Waals surface area contributed by atoms with E-state index in [4.69, 9.17) is 4.74 Å². The van der Waals surface area contributed by atoms with Crippen LogP contribution < -0.4 is 5.32 Å². The van der Waals surface area contributed by atoms with Crippen molar-refractivity contribution in [1.82, 2.24) is 15.1 Å². The summed E-state index contributed by atoms with van der Waals surface area (Å²) in [6.07, 6.45) is -0.541. The molecule has 0 saturated heterocycles. The molecular weight excluding hydrogens is 286 g/mol. The fraction of sp³-hybridized carbons (Fsp3) is 0.400. The van der Waals surface area contributed by atoms with Gasteiger partial charge in [-0.25, -0.2) is 9.59 Å². The number of benzene rings is 1. The van der Waals surface area contributed by atoms with Crippen molar-refractivity contribution < 1.29 is 19.4 Å². The van der Waals surface area contributed by atoms with Gasteiger partial charge in [0, 0.05) is 11.9 Å². The minimum Gasteiger partial charge on any atom is -0.477 e. The molecule has 0 bridgehead atoms. The Kier molecular flexibility index (Phi) is 4.35. The summed E-state index contributed by atoms with van der Waals surface area (Å²) in [5.41, 5.74) is 0.148. The van der Waals surface area contributed by atoms with Crippen molar-refractivity contribution in [2.75, 3.05) is 6.54 Å². The minimum absolute atomic E-state index is 0.113. The summed E-state index contributed by atoms with van der Waals surface area (Å²) in [6.45, 7) is 5.79. The summed E-state index contributed by atoms with van der Waals surface area (Å²) >= 11 is 0. The molecule has 0 fully saturated rings. The summed E-state index contributed by atoms with van der Waals surface area (Å²) in [5.74, 6) is -1.05. The summed E-state index contributed by atoms with van der Waals surface area (Å²) in [6, 6.07) is 7.02. The van der Waals surface area contributed by atoms with Crippen LogP contribution in [0.4, 0.5) is 4.79 Å². The molecule has 0 aliphatic heterocycles. The number of carboxylic acids is 1. The highest BCUT2D eigenvalue weighted by Crippen LogP contribution is 2.18. The molecule has 0 unspecified atom stereocenters. The fourth-order valence-corrected chi connectivity index (χ4v) is 2.05. The number of aromatic nitrogens is 2. The van der Waals surface area contributed by atoms with Crippen molar-refractivity contribution >= 4 is 23.0 Å². The second kappa shape index (κ2) is 6.05. The Morgan fingerprint density at radius 2 is 2.00 bits per heavy atom. The van der Waals surface area contributed by atoms with E-state index in [9.17, 15) is 14.7 Å². The first-order valence-corrected chi connectivity index (χ1v) is 6.93. The highest BCUT2D eigenvalue weighted by molar-refractivity contribution is 6.01. The van der Waals surface area contributed by atoms with E-state index < -0.39 is 17.7 Å². The average molecular weight is 305 g/mol. The lowest BCUT2D eigenvalue weighted by Gasteiger charge is -2.19. The number of carbonyl (C=O) groups is 2. The maximum atomic E-state index is 11.6. The van der Waals surface area contributed by atoms with E-state index in [1.165, 1.54) is 4.68 Å². The average Bonchev–Trinajstić information content (AvgIpc) is 2.74. The number of nitrogens with one attached hydrogen (secondary N) is 1. The van der Waals surface area contributed by atoms with Gasteiger partial charge >= 0.3 is 12.1 Å². The standard InChI is InChI=1S/C15H19N3O4/c1-15(2,3)22-14(21)16-8-9-18-12(13(19)20)10-6-4-5-7-11(10)17-18/h4-7H,8-9H2,1-3H3,(H,16,21)(H,19,20). The van der Waals surface area contributed by atoms with Gasteiger partial charge in [-0.3, -0.25) is 4.68 Å². The molecule has 1 heterocycles. The number of hydrogen-bond donors (Lipinski definition) is 2. The molecule has 0 radical (unpaired) electrons. The molecule has 0 aliphatic rings. The molecule has 1 aromatic carbocycles. The molecule has 1 amide bonds. The fourth-order valence-electron chi connectivity index (χ4n) is 2.05. The molecule has 118 valence electrons. The van der Waals surface area contributed by atoms with E-state index in [-0.39, 0.29) is 18.8 Å². The van der Waals surface area contributed by atoms with Crippen LogP contribution in [0.15, 0.2) is 24.3 Å². The number of amides is 1. The molecule has 0 spiro atoms. The number of ether oxygens (including phenoxy) is 1. The number of carbonyl (C=O) groups excluding carboxylic acids is 1. The molecule has 2 aromatic rings. The van der Waals surface area contributed by atoms with Gasteiger partial charge in [-0.15, -0.1) is 0 Å². The van der Waals surface area contributed by atoms with Gasteiger partial charge in [0.05, 0.1) is 12.1 Å². The topological polar surface area (TPSA) is 93.5 Å². The lowest BCUT2D eigenvalue weighted by atomic mass is 10.2. The van der Waals surface area contributed by atoms with Gasteiger partial charge in [0.1, 0.15) is 5.60 Å². The van der Waals surface area contributed by atoms with Gasteiger partial charge in [0.15, 0.2) is 5.69 Å². The van der Waals surface area contributed by atoms with Crippen LogP contribution in [0.5, 0.6) is 0 Å². The monoisotopic (exact) mass is 305 g/mol. The molecular formula is C15H19N3O4. The highest BCUT2D eigenvalue weighted by Gasteiger charge is 2.18. The van der Waals surface area contributed by atoms with E-state index >= 15 is 0 Å². The van der Waals surface area contributed by atoms with Gasteiger partial charge in [-0.2, -0.15) is 5.10 Å². The summed E-state index contributed by atoms with van der Waals surface area (Å²) in [7, 11) is 0. The van der Waals surface area contributed by atoms with Crippen LogP contribution in [0, 0.1) is 0 Å². The number of fused-ring (bicyclic) bond motifs is 1. The predicted molar refractivity (Wildman–Crippen MR) is 80.9 cm³/mol. The maximum Gasteiger partial charge on any atom is 0.407 e. The highest BCUT2D eigenvalue weighted by atomic mass is 16.6. The zero-order chi connectivity index (χ0) is 16.3. The first kappa shape index (κ1) is 15.8. The minimum atomic E-state index is -1.05. The second-order valence-electron chi connectivity index (χ2n) is 5.82. The molecule has 7 nitrogen and oxygen atoms in total. The van der Waals surface area contributed by atoms with Crippen LogP contribution in [0.25, 0.3) is 10.9 Å². The molecule has 2 rings (SSSR count). The van der Waals surface area contributed by atoms with Crippen LogP contribution in [-0.4, -0.2) is 39.1 Å². The predicted octanol–water partition coefficient (Wildman–Crippen LogP) is 2.26. The first-order chi connectivity index (χ1) is 10.3. The zero-order valence-corrected chi connectivity index (χ0v) is 12.8. The van der Waals surface area contributed by atoms with E-state index in [1.807, 2.05) is 0 Å². The number of hydrogen-bond acceptors (Lipinski definition) is 4. The Morgan fingerprint density at radius 1 is 1.32 bits per heavy atom. The van der Waals surface area contributed by atoms with Crippen LogP contribution in [-0.2, 0) is 11.3 Å². The van der Waals surface area contributed by atoms with Crippen molar-refractivity contribution in [2.24, 2.45) is 0 Å². The lowest BCUT2D eigenvalue weighted by Crippen LogP contribution is -2.34. The van der Waals surface area contributed by atoms with E-state index in [2.05, 4.69) is 10.4 Å². The van der Waals surface area contributed by atoms with Crippen LogP contribution in [0.1, 0.15) is 31.3 Å². The van der Waals surface area contributed by atoms with Crippen molar-refractivity contribution in [2.45, 2.75) is 32.9 Å². The smallest absolute Gasteiger partial charge is 0.407 e. The largest absolute Gasteiger partial charge is 0.477 e. The van der Waals surface area contributed by atoms with Gasteiger partial charge in [0.25, 0.3) is 0 Å². The van der Waals surface area contributed by atoms with Crippen molar-refractivity contribution in [3.63, 3.8) is 0 Å². The Hall–Kier alpha value is -2.57. The molecule has 0 saturated carbocycles. The number of carboxylic acid groups (broad SMARTS) is 1. The van der Waals surface area contributed by atoms with Crippen molar-refractivity contribution in [1.29, 1.82) is 0 Å². The van der Waals surface area contributed by atoms with Gasteiger partial charge in [-0.05, 0) is 26.8 Å². The lowest BCUT2D eigenvalue weighted by molar-refractivity contribution is 0.0525. The quantitative estimate of drug-likeness (QED) is 0.903. The molecule has 1 aromatic heterocycles. The van der Waals surface area contributed by atoms with Gasteiger partial charge in [-0.1, -0.05) is 18.2 Å². The third-order valence-corrected chi connectivity index (χ3v) is 2.84. The van der Waals surface area contributed by atoms with Gasteiger partial charge < -0.3 is 15.2 Å². The third-order valence-electron chi connectivity index (χ3n) is 2.84. The summed E-state index contributed by atoms with van der Waals surface area (Å²) in [5, 5.41) is 16.7. The van der Waals surface area contributed by atoms with Crippen molar-refractivity contribution in [3.05, 3.63) is 30.0 Å². The molecule has 22 heavy (non-hydrogen) atoms. The Balaban J connectivity index is 2.07. The number of nitrogens with zero attached hydrogens (tertiary/aromatic N) is 2. The van der Waals surface area contributed by atoms with Crippen LogP contribution >= 0.6 is 0 Å². The Morgan fingerprint density at radius 3 is 2.64 bits per heavy atom. The Labute approximate surface area is 127 Å². The summed E-state index contributed by atoms with van der Waals surface area (Å²) < 4.78 is 6.50. The SMILES string of the molecule is CC(C)(C)OC(=O)NCCn1nc2ccccc2c1C(=O)O. The van der Waals surface area contributed by atoms with Crippen LogP contribution in [0.3, 0.4) is 0 Å². The first-order valence-electron chi connectivity index (χ1n) is 6.93. The molecule has 0 aliphatic carbocycles. The number of aromatic carboxylic acids is 1.